The number of hydrogen-bond donors (Lipinski definition) is 1. The number of halogens is 1. The Morgan fingerprint density at radius 1 is 1.28 bits per heavy atom. The molecule has 0 unspecified atom stereocenters. The van der Waals surface area contributed by atoms with Crippen molar-refractivity contribution in [2.75, 3.05) is 39.3 Å². The quantitative estimate of drug-likeness (QED) is 0.839. The zero-order chi connectivity index (χ0) is 12.8. The molecule has 1 aromatic carbocycles. The molecular formula is C13H17ClN2O2. The summed E-state index contributed by atoms with van der Waals surface area (Å²) in [4.78, 5) is 14.0. The molecule has 0 spiro atoms. The van der Waals surface area contributed by atoms with Crippen LogP contribution in [-0.4, -0.2) is 50.2 Å². The fourth-order valence-electron chi connectivity index (χ4n) is 1.87. The van der Waals surface area contributed by atoms with Crippen LogP contribution in [0.25, 0.3) is 0 Å². The number of benzene rings is 1. The fourth-order valence-corrected chi connectivity index (χ4v) is 2.00. The van der Waals surface area contributed by atoms with Gasteiger partial charge in [-0.15, -0.1) is 0 Å². The highest BCUT2D eigenvalue weighted by molar-refractivity contribution is 6.30. The summed E-state index contributed by atoms with van der Waals surface area (Å²) in [5.74, 6) is -0.290. The topological polar surface area (TPSA) is 41.6 Å². The second-order valence-electron chi connectivity index (χ2n) is 4.23. The third-order valence-corrected chi connectivity index (χ3v) is 3.18. The standard InChI is InChI=1S/C13H17ClN2O2/c14-12-3-1-11(2-4-12)13(17)18-10-9-16-7-5-15-6-8-16/h1-4,15H,5-10H2. The molecule has 1 saturated heterocycles. The lowest BCUT2D eigenvalue weighted by Crippen LogP contribution is -2.44. The summed E-state index contributed by atoms with van der Waals surface area (Å²) in [6.45, 7) is 5.26. The normalized spacial score (nSPS) is 16.5. The number of carbonyl (C=O) groups is 1. The Balaban J connectivity index is 1.72. The summed E-state index contributed by atoms with van der Waals surface area (Å²) in [7, 11) is 0. The van der Waals surface area contributed by atoms with E-state index in [1.54, 1.807) is 24.3 Å². The zero-order valence-electron chi connectivity index (χ0n) is 10.2. The zero-order valence-corrected chi connectivity index (χ0v) is 10.9. The summed E-state index contributed by atoms with van der Waals surface area (Å²) in [5.41, 5.74) is 0.541. The minimum Gasteiger partial charge on any atom is -0.461 e. The molecule has 0 saturated carbocycles. The van der Waals surface area contributed by atoms with Crippen LogP contribution in [0.15, 0.2) is 24.3 Å². The van der Waals surface area contributed by atoms with Gasteiger partial charge in [0.15, 0.2) is 0 Å². The van der Waals surface area contributed by atoms with Crippen LogP contribution in [0, 0.1) is 0 Å². The van der Waals surface area contributed by atoms with Crippen LogP contribution in [0.4, 0.5) is 0 Å². The van der Waals surface area contributed by atoms with E-state index in [0.29, 0.717) is 17.2 Å². The number of hydrogen-bond acceptors (Lipinski definition) is 4. The van der Waals surface area contributed by atoms with E-state index in [1.165, 1.54) is 0 Å². The summed E-state index contributed by atoms with van der Waals surface area (Å²) in [5, 5.41) is 3.90. The van der Waals surface area contributed by atoms with Crippen molar-refractivity contribution < 1.29 is 9.53 Å². The van der Waals surface area contributed by atoms with Gasteiger partial charge in [0.25, 0.3) is 0 Å². The van der Waals surface area contributed by atoms with E-state index in [0.717, 1.165) is 32.7 Å². The molecule has 5 heteroatoms. The molecule has 0 atom stereocenters. The van der Waals surface area contributed by atoms with Gasteiger partial charge in [-0.1, -0.05) is 11.6 Å². The van der Waals surface area contributed by atoms with Crippen molar-refractivity contribution in [2.45, 2.75) is 0 Å². The Bertz CT molecular complexity index is 388. The van der Waals surface area contributed by atoms with Gasteiger partial charge in [0, 0.05) is 37.7 Å². The third kappa shape index (κ3) is 3.98. The monoisotopic (exact) mass is 268 g/mol. The van der Waals surface area contributed by atoms with Crippen LogP contribution in [0.3, 0.4) is 0 Å². The van der Waals surface area contributed by atoms with E-state index < -0.39 is 0 Å². The lowest BCUT2D eigenvalue weighted by Gasteiger charge is -2.26. The number of esters is 1. The molecule has 0 amide bonds. The van der Waals surface area contributed by atoms with Crippen molar-refractivity contribution in [2.24, 2.45) is 0 Å². The minimum atomic E-state index is -0.290. The van der Waals surface area contributed by atoms with E-state index in [2.05, 4.69) is 10.2 Å². The van der Waals surface area contributed by atoms with Gasteiger partial charge >= 0.3 is 5.97 Å². The summed E-state index contributed by atoms with van der Waals surface area (Å²) < 4.78 is 5.23. The largest absolute Gasteiger partial charge is 0.461 e. The van der Waals surface area contributed by atoms with E-state index in [-0.39, 0.29) is 5.97 Å². The van der Waals surface area contributed by atoms with Crippen molar-refractivity contribution in [1.29, 1.82) is 0 Å². The van der Waals surface area contributed by atoms with Gasteiger partial charge < -0.3 is 10.1 Å². The third-order valence-electron chi connectivity index (χ3n) is 2.93. The van der Waals surface area contributed by atoms with Crippen LogP contribution in [0.5, 0.6) is 0 Å². The van der Waals surface area contributed by atoms with Gasteiger partial charge in [0.1, 0.15) is 6.61 Å². The molecule has 0 bridgehead atoms. The summed E-state index contributed by atoms with van der Waals surface area (Å²) in [6.07, 6.45) is 0. The van der Waals surface area contributed by atoms with Crippen LogP contribution in [-0.2, 0) is 4.74 Å². The van der Waals surface area contributed by atoms with Crippen molar-refractivity contribution in [1.82, 2.24) is 10.2 Å². The lowest BCUT2D eigenvalue weighted by molar-refractivity contribution is 0.0456. The fraction of sp³-hybridized carbons (Fsp3) is 0.462. The average molecular weight is 269 g/mol. The first-order valence-electron chi connectivity index (χ1n) is 6.11. The van der Waals surface area contributed by atoms with Crippen molar-refractivity contribution in [3.63, 3.8) is 0 Å². The van der Waals surface area contributed by atoms with Gasteiger partial charge in [-0.2, -0.15) is 0 Å². The van der Waals surface area contributed by atoms with E-state index in [4.69, 9.17) is 16.3 Å². The van der Waals surface area contributed by atoms with E-state index in [1.807, 2.05) is 0 Å². The molecule has 1 fully saturated rings. The Hall–Kier alpha value is -1.10. The molecular weight excluding hydrogens is 252 g/mol. The van der Waals surface area contributed by atoms with Gasteiger partial charge in [-0.3, -0.25) is 4.90 Å². The molecule has 4 nitrogen and oxygen atoms in total. The maximum atomic E-state index is 11.7. The second kappa shape index (κ2) is 6.73. The van der Waals surface area contributed by atoms with Gasteiger partial charge in [0.05, 0.1) is 5.56 Å². The Labute approximate surface area is 112 Å². The molecule has 0 aliphatic carbocycles. The summed E-state index contributed by atoms with van der Waals surface area (Å²) in [6, 6.07) is 6.73. The van der Waals surface area contributed by atoms with Crippen LogP contribution in [0.1, 0.15) is 10.4 Å². The number of nitrogens with one attached hydrogen (secondary N) is 1. The van der Waals surface area contributed by atoms with Crippen LogP contribution < -0.4 is 5.32 Å². The first kappa shape index (κ1) is 13.3. The number of rotatable bonds is 4. The van der Waals surface area contributed by atoms with Gasteiger partial charge in [-0.05, 0) is 24.3 Å². The predicted octanol–water partition coefficient (Wildman–Crippen LogP) is 1.40. The number of piperazine rings is 1. The first-order valence-corrected chi connectivity index (χ1v) is 6.49. The van der Waals surface area contributed by atoms with Crippen molar-refractivity contribution in [3.8, 4) is 0 Å². The molecule has 1 aliphatic heterocycles. The van der Waals surface area contributed by atoms with Crippen LogP contribution in [0.2, 0.25) is 5.02 Å². The molecule has 98 valence electrons. The molecule has 1 aromatic rings. The van der Waals surface area contributed by atoms with Crippen LogP contribution >= 0.6 is 11.6 Å². The highest BCUT2D eigenvalue weighted by Crippen LogP contribution is 2.10. The summed E-state index contributed by atoms with van der Waals surface area (Å²) >= 11 is 5.76. The highest BCUT2D eigenvalue weighted by atomic mass is 35.5. The minimum absolute atomic E-state index is 0.290. The lowest BCUT2D eigenvalue weighted by atomic mass is 10.2. The molecule has 2 rings (SSSR count). The predicted molar refractivity (Wildman–Crippen MR) is 71.0 cm³/mol. The number of nitrogens with zero attached hydrogens (tertiary/aromatic N) is 1. The Morgan fingerprint density at radius 3 is 2.61 bits per heavy atom. The molecule has 1 N–H and O–H groups in total. The van der Waals surface area contributed by atoms with Gasteiger partial charge in [0.2, 0.25) is 0 Å². The van der Waals surface area contributed by atoms with Crippen molar-refractivity contribution in [3.05, 3.63) is 34.9 Å². The number of carbonyl (C=O) groups excluding carboxylic acids is 1. The molecule has 18 heavy (non-hydrogen) atoms. The molecule has 1 aliphatic rings. The molecule has 0 radical (unpaired) electrons. The van der Waals surface area contributed by atoms with E-state index in [9.17, 15) is 4.79 Å². The highest BCUT2D eigenvalue weighted by Gasteiger charge is 2.11. The molecule has 0 aromatic heterocycles. The average Bonchev–Trinajstić information content (AvgIpc) is 2.40. The van der Waals surface area contributed by atoms with E-state index >= 15 is 0 Å². The van der Waals surface area contributed by atoms with Gasteiger partial charge in [-0.25, -0.2) is 4.79 Å². The SMILES string of the molecule is O=C(OCCN1CCNCC1)c1ccc(Cl)cc1. The maximum Gasteiger partial charge on any atom is 0.338 e. The Kier molecular flexibility index (Phi) is 4.99. The number of ether oxygens (including phenoxy) is 1. The Morgan fingerprint density at radius 2 is 1.94 bits per heavy atom. The second-order valence-corrected chi connectivity index (χ2v) is 4.67. The molecule has 1 heterocycles. The maximum absolute atomic E-state index is 11.7. The smallest absolute Gasteiger partial charge is 0.338 e. The first-order chi connectivity index (χ1) is 8.75. The van der Waals surface area contributed by atoms with Crippen molar-refractivity contribution >= 4 is 17.6 Å².